The lowest BCUT2D eigenvalue weighted by Crippen LogP contribution is -1.90. The minimum Gasteiger partial charge on any atom is -0.444 e. The van der Waals surface area contributed by atoms with Gasteiger partial charge in [0.05, 0.1) is 6.20 Å². The SMILES string of the molecule is Nc1cc(-c2cnco2)cc(Cl)n1. The van der Waals surface area contributed by atoms with E-state index in [0.717, 1.165) is 5.56 Å². The lowest BCUT2D eigenvalue weighted by atomic mass is 10.2. The molecular formula is C8H6ClN3O. The molecule has 0 aliphatic carbocycles. The molecule has 0 saturated heterocycles. The van der Waals surface area contributed by atoms with Crippen molar-refractivity contribution in [2.24, 2.45) is 0 Å². The van der Waals surface area contributed by atoms with Crippen molar-refractivity contribution in [3.63, 3.8) is 0 Å². The van der Waals surface area contributed by atoms with Crippen molar-refractivity contribution >= 4 is 17.4 Å². The maximum absolute atomic E-state index is 5.71. The zero-order chi connectivity index (χ0) is 9.26. The normalized spacial score (nSPS) is 10.2. The Balaban J connectivity index is 2.53. The number of pyridine rings is 1. The van der Waals surface area contributed by atoms with E-state index in [4.69, 9.17) is 21.8 Å². The second-order valence-corrected chi connectivity index (χ2v) is 2.86. The standard InChI is InChI=1S/C8H6ClN3O/c9-7-1-5(2-8(10)12-7)6-3-11-4-13-6/h1-4H,(H2,10,12). The van der Waals surface area contributed by atoms with Gasteiger partial charge in [-0.3, -0.25) is 0 Å². The number of nitrogen functional groups attached to an aromatic ring is 1. The van der Waals surface area contributed by atoms with E-state index in [2.05, 4.69) is 9.97 Å². The van der Waals surface area contributed by atoms with E-state index in [1.807, 2.05) is 0 Å². The van der Waals surface area contributed by atoms with Crippen molar-refractivity contribution in [3.8, 4) is 11.3 Å². The molecule has 2 N–H and O–H groups in total. The fraction of sp³-hybridized carbons (Fsp3) is 0. The van der Waals surface area contributed by atoms with Crippen molar-refractivity contribution in [3.05, 3.63) is 29.9 Å². The number of oxazole rings is 1. The van der Waals surface area contributed by atoms with Gasteiger partial charge in [-0.25, -0.2) is 9.97 Å². The van der Waals surface area contributed by atoms with Gasteiger partial charge in [0.1, 0.15) is 11.0 Å². The van der Waals surface area contributed by atoms with Crippen LogP contribution in [0.1, 0.15) is 0 Å². The van der Waals surface area contributed by atoms with E-state index in [0.29, 0.717) is 16.7 Å². The second-order valence-electron chi connectivity index (χ2n) is 2.47. The fourth-order valence-electron chi connectivity index (χ4n) is 1.02. The average Bonchev–Trinajstić information content (AvgIpc) is 2.53. The molecule has 0 amide bonds. The number of hydrogen-bond donors (Lipinski definition) is 1. The topological polar surface area (TPSA) is 64.9 Å². The Labute approximate surface area is 79.4 Å². The summed E-state index contributed by atoms with van der Waals surface area (Å²) in [5, 5.41) is 0.339. The lowest BCUT2D eigenvalue weighted by molar-refractivity contribution is 0.572. The molecule has 0 fully saturated rings. The fourth-order valence-corrected chi connectivity index (χ4v) is 1.23. The molecule has 0 bridgehead atoms. The molecule has 0 aliphatic rings. The van der Waals surface area contributed by atoms with Crippen LogP contribution in [0.4, 0.5) is 5.82 Å². The van der Waals surface area contributed by atoms with Crippen molar-refractivity contribution < 1.29 is 4.42 Å². The lowest BCUT2D eigenvalue weighted by Gasteiger charge is -1.98. The molecule has 2 aromatic rings. The zero-order valence-electron chi connectivity index (χ0n) is 6.57. The minimum absolute atomic E-state index is 0.339. The van der Waals surface area contributed by atoms with Crippen LogP contribution in [0.3, 0.4) is 0 Å². The van der Waals surface area contributed by atoms with Crippen LogP contribution in [0.2, 0.25) is 5.15 Å². The number of aromatic nitrogens is 2. The summed E-state index contributed by atoms with van der Waals surface area (Å²) in [5.74, 6) is 0.981. The largest absolute Gasteiger partial charge is 0.444 e. The molecule has 0 spiro atoms. The summed E-state index contributed by atoms with van der Waals surface area (Å²) >= 11 is 5.71. The van der Waals surface area contributed by atoms with Crippen LogP contribution >= 0.6 is 11.6 Å². The van der Waals surface area contributed by atoms with Gasteiger partial charge in [0.2, 0.25) is 0 Å². The molecule has 2 aromatic heterocycles. The molecular weight excluding hydrogens is 190 g/mol. The van der Waals surface area contributed by atoms with Crippen LogP contribution in [-0.2, 0) is 0 Å². The van der Waals surface area contributed by atoms with Crippen LogP contribution in [-0.4, -0.2) is 9.97 Å². The number of rotatable bonds is 1. The summed E-state index contributed by atoms with van der Waals surface area (Å²) in [6.45, 7) is 0. The van der Waals surface area contributed by atoms with E-state index < -0.39 is 0 Å². The van der Waals surface area contributed by atoms with Gasteiger partial charge in [-0.15, -0.1) is 0 Å². The quantitative estimate of drug-likeness (QED) is 0.707. The van der Waals surface area contributed by atoms with E-state index >= 15 is 0 Å². The number of anilines is 1. The van der Waals surface area contributed by atoms with Gasteiger partial charge in [-0.2, -0.15) is 0 Å². The monoisotopic (exact) mass is 195 g/mol. The van der Waals surface area contributed by atoms with Crippen LogP contribution in [0.25, 0.3) is 11.3 Å². The summed E-state index contributed by atoms with van der Waals surface area (Å²) in [7, 11) is 0. The zero-order valence-corrected chi connectivity index (χ0v) is 7.32. The molecule has 0 saturated carbocycles. The van der Waals surface area contributed by atoms with Crippen molar-refractivity contribution in [1.29, 1.82) is 0 Å². The Morgan fingerprint density at radius 1 is 1.38 bits per heavy atom. The van der Waals surface area contributed by atoms with Gasteiger partial charge >= 0.3 is 0 Å². The van der Waals surface area contributed by atoms with Gasteiger partial charge in [0.25, 0.3) is 0 Å². The first-order valence-electron chi connectivity index (χ1n) is 3.57. The Kier molecular flexibility index (Phi) is 1.90. The number of nitrogens with zero attached hydrogens (tertiary/aromatic N) is 2. The summed E-state index contributed by atoms with van der Waals surface area (Å²) in [6, 6.07) is 3.34. The van der Waals surface area contributed by atoms with Gasteiger partial charge in [-0.1, -0.05) is 11.6 Å². The highest BCUT2D eigenvalue weighted by Gasteiger charge is 2.03. The second kappa shape index (κ2) is 3.06. The molecule has 0 aliphatic heterocycles. The summed E-state index contributed by atoms with van der Waals surface area (Å²) < 4.78 is 5.08. The van der Waals surface area contributed by atoms with Crippen molar-refractivity contribution in [2.45, 2.75) is 0 Å². The third-order valence-electron chi connectivity index (χ3n) is 1.53. The molecule has 0 atom stereocenters. The highest BCUT2D eigenvalue weighted by molar-refractivity contribution is 6.29. The predicted octanol–water partition coefficient (Wildman–Crippen LogP) is 1.97. The molecule has 5 heteroatoms. The third-order valence-corrected chi connectivity index (χ3v) is 1.72. The van der Waals surface area contributed by atoms with Gasteiger partial charge < -0.3 is 10.2 Å². The van der Waals surface area contributed by atoms with Gasteiger partial charge in [-0.05, 0) is 12.1 Å². The molecule has 4 nitrogen and oxygen atoms in total. The van der Waals surface area contributed by atoms with E-state index in [-0.39, 0.29) is 0 Å². The first kappa shape index (κ1) is 8.07. The first-order chi connectivity index (χ1) is 6.25. The third kappa shape index (κ3) is 1.62. The number of nitrogens with two attached hydrogens (primary N) is 1. The first-order valence-corrected chi connectivity index (χ1v) is 3.95. The molecule has 13 heavy (non-hydrogen) atoms. The molecule has 2 rings (SSSR count). The van der Waals surface area contributed by atoms with Gasteiger partial charge in [0.15, 0.2) is 12.2 Å². The van der Waals surface area contributed by atoms with Crippen molar-refractivity contribution in [1.82, 2.24) is 9.97 Å². The maximum atomic E-state index is 5.71. The predicted molar refractivity (Wildman–Crippen MR) is 49.2 cm³/mol. The van der Waals surface area contributed by atoms with E-state index in [1.54, 1.807) is 18.3 Å². The summed E-state index contributed by atoms with van der Waals surface area (Å²) in [4.78, 5) is 7.61. The van der Waals surface area contributed by atoms with E-state index in [9.17, 15) is 0 Å². The van der Waals surface area contributed by atoms with Crippen LogP contribution in [0, 0.1) is 0 Å². The van der Waals surface area contributed by atoms with Crippen LogP contribution in [0.15, 0.2) is 29.1 Å². The molecule has 66 valence electrons. The maximum Gasteiger partial charge on any atom is 0.181 e. The molecule has 0 aromatic carbocycles. The highest BCUT2D eigenvalue weighted by Crippen LogP contribution is 2.22. The van der Waals surface area contributed by atoms with E-state index in [1.165, 1.54) is 6.39 Å². The Bertz CT molecular complexity index is 393. The van der Waals surface area contributed by atoms with Crippen molar-refractivity contribution in [2.75, 3.05) is 5.73 Å². The number of halogens is 1. The molecule has 0 unspecified atom stereocenters. The highest BCUT2D eigenvalue weighted by atomic mass is 35.5. The summed E-state index contributed by atoms with van der Waals surface area (Å²) in [6.07, 6.45) is 2.94. The number of hydrogen-bond acceptors (Lipinski definition) is 4. The minimum atomic E-state index is 0.339. The van der Waals surface area contributed by atoms with Crippen LogP contribution < -0.4 is 5.73 Å². The van der Waals surface area contributed by atoms with Gasteiger partial charge in [0, 0.05) is 5.56 Å². The smallest absolute Gasteiger partial charge is 0.181 e. The Morgan fingerprint density at radius 2 is 2.23 bits per heavy atom. The molecule has 0 radical (unpaired) electrons. The van der Waals surface area contributed by atoms with Crippen LogP contribution in [0.5, 0.6) is 0 Å². The molecule has 2 heterocycles. The Hall–Kier alpha value is -1.55. The average molecular weight is 196 g/mol. The summed E-state index contributed by atoms with van der Waals surface area (Å²) in [5.41, 5.74) is 6.28. The Morgan fingerprint density at radius 3 is 2.85 bits per heavy atom.